The van der Waals surface area contributed by atoms with Crippen LogP contribution in [0.5, 0.6) is 17.2 Å². The number of benzene rings is 2. The Balaban J connectivity index is 1.36. The highest BCUT2D eigenvalue weighted by Crippen LogP contribution is 2.32. The van der Waals surface area contributed by atoms with Crippen LogP contribution in [0.25, 0.3) is 0 Å². The minimum absolute atomic E-state index is 0.178. The number of nitrogens with zero attached hydrogens (tertiary/aromatic N) is 1. The van der Waals surface area contributed by atoms with Crippen molar-refractivity contribution in [3.8, 4) is 17.2 Å². The topological polar surface area (TPSA) is 78.4 Å². The van der Waals surface area contributed by atoms with Gasteiger partial charge >= 0.3 is 0 Å². The van der Waals surface area contributed by atoms with Crippen molar-refractivity contribution in [1.29, 1.82) is 0 Å². The number of carbonyl (C=O) groups is 1. The highest BCUT2D eigenvalue weighted by molar-refractivity contribution is 6.30. The standard InChI is InChI=1S/C19H19ClN2O5/c1-13(14-2-7-17-18(10-14)26-12-25-17)22-27-11-19(23)21-8-9-24-16-5-3-15(20)4-6-16/h2-7,10H,8-9,11-12H2,1H3,(H,21,23)/b22-13-. The summed E-state index contributed by atoms with van der Waals surface area (Å²) in [5.41, 5.74) is 1.46. The molecule has 0 spiro atoms. The third-order valence-corrected chi connectivity index (χ3v) is 3.95. The number of hydrogen-bond donors (Lipinski definition) is 1. The summed E-state index contributed by atoms with van der Waals surface area (Å²) in [6.07, 6.45) is 0. The lowest BCUT2D eigenvalue weighted by Crippen LogP contribution is -2.30. The normalized spacial score (nSPS) is 12.6. The first-order valence-electron chi connectivity index (χ1n) is 8.33. The van der Waals surface area contributed by atoms with Crippen LogP contribution < -0.4 is 19.5 Å². The molecule has 0 saturated carbocycles. The van der Waals surface area contributed by atoms with E-state index in [2.05, 4.69) is 10.5 Å². The fourth-order valence-electron chi connectivity index (χ4n) is 2.30. The van der Waals surface area contributed by atoms with Gasteiger partial charge in [0.2, 0.25) is 6.79 Å². The maximum absolute atomic E-state index is 11.8. The summed E-state index contributed by atoms with van der Waals surface area (Å²) in [5, 5.41) is 7.29. The Morgan fingerprint density at radius 1 is 1.19 bits per heavy atom. The molecule has 1 heterocycles. The van der Waals surface area contributed by atoms with Crippen molar-refractivity contribution in [2.45, 2.75) is 6.92 Å². The van der Waals surface area contributed by atoms with E-state index in [1.807, 2.05) is 18.2 Å². The van der Waals surface area contributed by atoms with Gasteiger partial charge in [-0.1, -0.05) is 16.8 Å². The molecule has 0 saturated heterocycles. The van der Waals surface area contributed by atoms with Crippen molar-refractivity contribution >= 4 is 23.2 Å². The molecule has 1 aliphatic heterocycles. The second-order valence-electron chi connectivity index (χ2n) is 5.67. The van der Waals surface area contributed by atoms with Crippen LogP contribution in [0, 0.1) is 0 Å². The Morgan fingerprint density at radius 2 is 1.96 bits per heavy atom. The molecule has 0 aliphatic carbocycles. The van der Waals surface area contributed by atoms with Crippen molar-refractivity contribution in [3.63, 3.8) is 0 Å². The number of hydrogen-bond acceptors (Lipinski definition) is 6. The average Bonchev–Trinajstić information content (AvgIpc) is 3.14. The molecule has 0 unspecified atom stereocenters. The van der Waals surface area contributed by atoms with Crippen LogP contribution in [-0.4, -0.2) is 38.2 Å². The van der Waals surface area contributed by atoms with E-state index in [9.17, 15) is 4.79 Å². The first kappa shape index (κ1) is 18.8. The second-order valence-corrected chi connectivity index (χ2v) is 6.11. The summed E-state index contributed by atoms with van der Waals surface area (Å²) in [7, 11) is 0. The smallest absolute Gasteiger partial charge is 0.260 e. The molecule has 0 aromatic heterocycles. The van der Waals surface area contributed by atoms with Crippen LogP contribution in [0.4, 0.5) is 0 Å². The largest absolute Gasteiger partial charge is 0.492 e. The minimum Gasteiger partial charge on any atom is -0.492 e. The zero-order valence-electron chi connectivity index (χ0n) is 14.7. The van der Waals surface area contributed by atoms with Gasteiger partial charge in [-0.3, -0.25) is 4.79 Å². The van der Waals surface area contributed by atoms with Gasteiger partial charge < -0.3 is 24.4 Å². The summed E-state index contributed by atoms with van der Waals surface area (Å²) in [6.45, 7) is 2.52. The summed E-state index contributed by atoms with van der Waals surface area (Å²) in [6, 6.07) is 12.5. The number of rotatable bonds is 8. The van der Waals surface area contributed by atoms with Gasteiger partial charge in [0.05, 0.1) is 12.3 Å². The van der Waals surface area contributed by atoms with E-state index in [1.165, 1.54) is 0 Å². The number of ether oxygens (including phenoxy) is 3. The van der Waals surface area contributed by atoms with Gasteiger partial charge in [-0.2, -0.15) is 0 Å². The van der Waals surface area contributed by atoms with E-state index in [4.69, 9.17) is 30.6 Å². The first-order chi connectivity index (χ1) is 13.1. The van der Waals surface area contributed by atoms with Crippen molar-refractivity contribution < 1.29 is 23.8 Å². The number of nitrogens with one attached hydrogen (secondary N) is 1. The lowest BCUT2D eigenvalue weighted by Gasteiger charge is -2.08. The van der Waals surface area contributed by atoms with E-state index in [1.54, 1.807) is 31.2 Å². The van der Waals surface area contributed by atoms with E-state index in [-0.39, 0.29) is 19.3 Å². The minimum atomic E-state index is -0.281. The molecule has 1 N–H and O–H groups in total. The van der Waals surface area contributed by atoms with Crippen LogP contribution in [0.1, 0.15) is 12.5 Å². The molecule has 1 amide bonds. The summed E-state index contributed by atoms with van der Waals surface area (Å²) in [5.74, 6) is 1.78. The predicted molar refractivity (Wildman–Crippen MR) is 101 cm³/mol. The van der Waals surface area contributed by atoms with E-state index in [0.717, 1.165) is 5.56 Å². The molecule has 8 heteroatoms. The van der Waals surface area contributed by atoms with Crippen molar-refractivity contribution in [3.05, 3.63) is 53.1 Å². The van der Waals surface area contributed by atoms with Crippen molar-refractivity contribution in [2.24, 2.45) is 5.16 Å². The molecule has 1 aliphatic rings. The summed E-state index contributed by atoms with van der Waals surface area (Å²) in [4.78, 5) is 16.9. The molecule has 27 heavy (non-hydrogen) atoms. The molecule has 0 bridgehead atoms. The third kappa shape index (κ3) is 5.52. The number of halogens is 1. The quantitative estimate of drug-likeness (QED) is 0.426. The van der Waals surface area contributed by atoms with Crippen LogP contribution >= 0.6 is 11.6 Å². The molecule has 0 radical (unpaired) electrons. The van der Waals surface area contributed by atoms with Crippen LogP contribution in [-0.2, 0) is 9.63 Å². The molecule has 2 aromatic rings. The maximum atomic E-state index is 11.8. The molecular formula is C19H19ClN2O5. The van der Waals surface area contributed by atoms with Gasteiger partial charge in [-0.15, -0.1) is 0 Å². The Bertz CT molecular complexity index is 823. The second kappa shape index (κ2) is 9.14. The number of amides is 1. The van der Waals surface area contributed by atoms with Crippen molar-refractivity contribution in [2.75, 3.05) is 26.6 Å². The highest BCUT2D eigenvalue weighted by atomic mass is 35.5. The zero-order valence-corrected chi connectivity index (χ0v) is 15.5. The average molecular weight is 391 g/mol. The Hall–Kier alpha value is -2.93. The van der Waals surface area contributed by atoms with Gasteiger partial charge in [0, 0.05) is 10.6 Å². The van der Waals surface area contributed by atoms with E-state index >= 15 is 0 Å². The lowest BCUT2D eigenvalue weighted by atomic mass is 10.1. The zero-order chi connectivity index (χ0) is 19.1. The van der Waals surface area contributed by atoms with Gasteiger partial charge in [0.1, 0.15) is 12.4 Å². The van der Waals surface area contributed by atoms with Gasteiger partial charge in [0.25, 0.3) is 5.91 Å². The predicted octanol–water partition coefficient (Wildman–Crippen LogP) is 3.00. The molecular weight excluding hydrogens is 372 g/mol. The molecule has 3 rings (SSSR count). The Morgan fingerprint density at radius 3 is 2.78 bits per heavy atom. The molecule has 142 valence electrons. The van der Waals surface area contributed by atoms with Crippen LogP contribution in [0.15, 0.2) is 47.6 Å². The van der Waals surface area contributed by atoms with Crippen LogP contribution in [0.2, 0.25) is 5.02 Å². The number of fused-ring (bicyclic) bond motifs is 1. The fraction of sp³-hybridized carbons (Fsp3) is 0.263. The van der Waals surface area contributed by atoms with Gasteiger partial charge in [-0.25, -0.2) is 0 Å². The molecule has 7 nitrogen and oxygen atoms in total. The monoisotopic (exact) mass is 390 g/mol. The number of oxime groups is 1. The SMILES string of the molecule is C/C(=N/OCC(=O)NCCOc1ccc(Cl)cc1)c1ccc2c(c1)OCO2. The van der Waals surface area contributed by atoms with Crippen molar-refractivity contribution in [1.82, 2.24) is 5.32 Å². The highest BCUT2D eigenvalue weighted by Gasteiger charge is 2.14. The van der Waals surface area contributed by atoms with Crippen LogP contribution in [0.3, 0.4) is 0 Å². The Labute approximate surface area is 161 Å². The maximum Gasteiger partial charge on any atom is 0.260 e. The Kier molecular flexibility index (Phi) is 6.38. The van der Waals surface area contributed by atoms with Gasteiger partial charge in [0.15, 0.2) is 18.1 Å². The van der Waals surface area contributed by atoms with Gasteiger partial charge in [-0.05, 0) is 49.4 Å². The van der Waals surface area contributed by atoms with E-state index < -0.39 is 0 Å². The fourth-order valence-corrected chi connectivity index (χ4v) is 2.43. The van der Waals surface area contributed by atoms with E-state index in [0.29, 0.717) is 41.1 Å². The number of carbonyl (C=O) groups excluding carboxylic acids is 1. The molecule has 2 aromatic carbocycles. The first-order valence-corrected chi connectivity index (χ1v) is 8.71. The third-order valence-electron chi connectivity index (χ3n) is 3.69. The molecule has 0 atom stereocenters. The molecule has 0 fully saturated rings. The summed E-state index contributed by atoms with van der Waals surface area (Å²) < 4.78 is 16.1. The lowest BCUT2D eigenvalue weighted by molar-refractivity contribution is -0.125. The summed E-state index contributed by atoms with van der Waals surface area (Å²) >= 11 is 5.80.